The molecule has 0 radical (unpaired) electrons. The molecule has 1 fully saturated rings. The van der Waals surface area contributed by atoms with Crippen LogP contribution in [0.4, 0.5) is 5.69 Å². The lowest BCUT2D eigenvalue weighted by atomic mass is 9.93. The molecule has 0 aliphatic carbocycles. The predicted octanol–water partition coefficient (Wildman–Crippen LogP) is 4.26. The first-order valence-electron chi connectivity index (χ1n) is 10.4. The molecule has 160 valence electrons. The maximum atomic E-state index is 13.2. The number of aryl methyl sites for hydroxylation is 1. The van der Waals surface area contributed by atoms with Crippen LogP contribution < -0.4 is 9.64 Å². The van der Waals surface area contributed by atoms with Gasteiger partial charge in [-0.05, 0) is 48.4 Å². The highest BCUT2D eigenvalue weighted by atomic mass is 16.5. The Hall–Kier alpha value is -4.06. The molecule has 1 amide bonds. The number of carbonyl (C=O) groups excluding carboxylic acids is 2. The smallest absolute Gasteiger partial charge is 0.300 e. The number of rotatable bonds is 3. The molecule has 0 bridgehead atoms. The van der Waals surface area contributed by atoms with Gasteiger partial charge in [-0.3, -0.25) is 14.5 Å². The lowest BCUT2D eigenvalue weighted by Gasteiger charge is -2.26. The molecular weight excluding hydrogens is 406 g/mol. The Morgan fingerprint density at radius 1 is 1.03 bits per heavy atom. The van der Waals surface area contributed by atoms with E-state index >= 15 is 0 Å². The average Bonchev–Trinajstić information content (AvgIpc) is 3.36. The van der Waals surface area contributed by atoms with Crippen molar-refractivity contribution in [3.8, 4) is 11.5 Å². The van der Waals surface area contributed by atoms with Gasteiger partial charge in [0.2, 0.25) is 0 Å². The number of fused-ring (bicyclic) bond motifs is 1. The number of benzene rings is 3. The number of ether oxygens (including phenoxy) is 1. The highest BCUT2D eigenvalue weighted by Crippen LogP contribution is 2.45. The fourth-order valence-corrected chi connectivity index (χ4v) is 4.39. The summed E-state index contributed by atoms with van der Waals surface area (Å²) in [5, 5.41) is 21.7. The number of aromatic hydroxyl groups is 1. The molecule has 6 heteroatoms. The molecule has 3 aromatic rings. The van der Waals surface area contributed by atoms with E-state index in [0.717, 1.165) is 16.9 Å². The zero-order chi connectivity index (χ0) is 22.4. The van der Waals surface area contributed by atoms with Crippen LogP contribution in [0.15, 0.2) is 72.3 Å². The van der Waals surface area contributed by atoms with Crippen LogP contribution >= 0.6 is 0 Å². The third kappa shape index (κ3) is 3.12. The molecule has 5 rings (SSSR count). The van der Waals surface area contributed by atoms with Gasteiger partial charge in [-0.15, -0.1) is 0 Å². The summed E-state index contributed by atoms with van der Waals surface area (Å²) in [6.07, 6.45) is 0.712. The second-order valence-corrected chi connectivity index (χ2v) is 7.99. The molecule has 0 aromatic heterocycles. The topological polar surface area (TPSA) is 87.1 Å². The number of amides is 1. The SMILES string of the molecule is Cc1cccc(C2/C(=C(/O)c3ccc4c(c3)CCO4)C(=O)C(=O)N2c2ccccc2O)c1. The summed E-state index contributed by atoms with van der Waals surface area (Å²) in [7, 11) is 0. The van der Waals surface area contributed by atoms with Crippen molar-refractivity contribution in [2.45, 2.75) is 19.4 Å². The van der Waals surface area contributed by atoms with Crippen LogP contribution in [0.5, 0.6) is 11.5 Å². The highest BCUT2D eigenvalue weighted by molar-refractivity contribution is 6.51. The maximum Gasteiger partial charge on any atom is 0.300 e. The lowest BCUT2D eigenvalue weighted by molar-refractivity contribution is -0.132. The van der Waals surface area contributed by atoms with Crippen LogP contribution in [-0.2, 0) is 16.0 Å². The van der Waals surface area contributed by atoms with Crippen LogP contribution in [0.1, 0.15) is 28.3 Å². The number of Topliss-reactive ketones (excluding diaryl/α,β-unsaturated/α-hetero) is 1. The van der Waals surface area contributed by atoms with Crippen LogP contribution in [0.25, 0.3) is 5.76 Å². The van der Waals surface area contributed by atoms with Gasteiger partial charge in [-0.1, -0.05) is 42.0 Å². The standard InChI is InChI=1S/C26H21NO5/c1-15-5-4-6-17(13-15)23-22(24(29)18-9-10-21-16(14-18)11-12-32-21)25(30)26(31)27(23)19-7-2-3-8-20(19)28/h2-10,13-14,23,28-29H,11-12H2,1H3/b24-22-. The van der Waals surface area contributed by atoms with E-state index < -0.39 is 17.7 Å². The number of carbonyl (C=O) groups is 2. The number of anilines is 1. The summed E-state index contributed by atoms with van der Waals surface area (Å²) >= 11 is 0. The molecule has 2 aliphatic rings. The van der Waals surface area contributed by atoms with Gasteiger partial charge in [0.15, 0.2) is 0 Å². The van der Waals surface area contributed by atoms with Crippen molar-refractivity contribution >= 4 is 23.1 Å². The minimum Gasteiger partial charge on any atom is -0.507 e. The zero-order valence-electron chi connectivity index (χ0n) is 17.4. The molecule has 1 saturated heterocycles. The number of phenolic OH excluding ortho intramolecular Hbond substituents is 1. The van der Waals surface area contributed by atoms with E-state index in [1.807, 2.05) is 25.1 Å². The monoisotopic (exact) mass is 427 g/mol. The summed E-state index contributed by atoms with van der Waals surface area (Å²) in [5.41, 5.74) is 3.20. The maximum absolute atomic E-state index is 13.2. The Morgan fingerprint density at radius 3 is 2.62 bits per heavy atom. The Kier molecular flexibility index (Phi) is 4.70. The van der Waals surface area contributed by atoms with Gasteiger partial charge in [-0.2, -0.15) is 0 Å². The van der Waals surface area contributed by atoms with Crippen LogP contribution in [0.3, 0.4) is 0 Å². The van der Waals surface area contributed by atoms with E-state index in [1.54, 1.807) is 42.5 Å². The first-order chi connectivity index (χ1) is 15.5. The van der Waals surface area contributed by atoms with Gasteiger partial charge in [0.05, 0.1) is 23.9 Å². The van der Waals surface area contributed by atoms with Crippen LogP contribution in [0.2, 0.25) is 0 Å². The summed E-state index contributed by atoms with van der Waals surface area (Å²) in [6.45, 7) is 2.48. The van der Waals surface area contributed by atoms with Gasteiger partial charge in [0.25, 0.3) is 11.7 Å². The Balaban J connectivity index is 1.73. The molecular formula is C26H21NO5. The van der Waals surface area contributed by atoms with Gasteiger partial charge in [0.1, 0.15) is 17.3 Å². The Bertz CT molecular complexity index is 1290. The van der Waals surface area contributed by atoms with Crippen LogP contribution in [0, 0.1) is 6.92 Å². The summed E-state index contributed by atoms with van der Waals surface area (Å²) < 4.78 is 5.53. The first kappa shape index (κ1) is 19.9. The van der Waals surface area contributed by atoms with Crippen molar-refractivity contribution in [3.63, 3.8) is 0 Å². The molecule has 32 heavy (non-hydrogen) atoms. The minimum absolute atomic E-state index is 0.0114. The lowest BCUT2D eigenvalue weighted by Crippen LogP contribution is -2.29. The predicted molar refractivity (Wildman–Crippen MR) is 120 cm³/mol. The molecule has 2 aliphatic heterocycles. The van der Waals surface area contributed by atoms with E-state index in [0.29, 0.717) is 24.2 Å². The van der Waals surface area contributed by atoms with Crippen molar-refractivity contribution in [1.82, 2.24) is 0 Å². The number of aliphatic hydroxyl groups excluding tert-OH is 1. The molecule has 6 nitrogen and oxygen atoms in total. The number of phenols is 1. The van der Waals surface area contributed by atoms with E-state index in [9.17, 15) is 19.8 Å². The number of para-hydroxylation sites is 2. The molecule has 0 spiro atoms. The van der Waals surface area contributed by atoms with E-state index in [4.69, 9.17) is 4.74 Å². The van der Waals surface area contributed by atoms with Crippen molar-refractivity contribution in [3.05, 3.63) is 94.6 Å². The largest absolute Gasteiger partial charge is 0.507 e. The molecule has 1 atom stereocenters. The average molecular weight is 427 g/mol. The van der Waals surface area contributed by atoms with Crippen molar-refractivity contribution < 1.29 is 24.5 Å². The van der Waals surface area contributed by atoms with Crippen LogP contribution in [-0.4, -0.2) is 28.5 Å². The number of aliphatic hydroxyl groups is 1. The number of hydrogen-bond donors (Lipinski definition) is 2. The van der Waals surface area contributed by atoms with E-state index in [2.05, 4.69) is 0 Å². The van der Waals surface area contributed by atoms with Gasteiger partial charge in [0, 0.05) is 12.0 Å². The van der Waals surface area contributed by atoms with Crippen molar-refractivity contribution in [1.29, 1.82) is 0 Å². The number of ketones is 1. The third-order valence-electron chi connectivity index (χ3n) is 5.91. The summed E-state index contributed by atoms with van der Waals surface area (Å²) in [5.74, 6) is -1.21. The molecule has 0 saturated carbocycles. The second kappa shape index (κ2) is 7.57. The van der Waals surface area contributed by atoms with E-state index in [-0.39, 0.29) is 22.8 Å². The fourth-order valence-electron chi connectivity index (χ4n) is 4.39. The van der Waals surface area contributed by atoms with Gasteiger partial charge in [-0.25, -0.2) is 0 Å². The minimum atomic E-state index is -0.882. The molecule has 2 heterocycles. The summed E-state index contributed by atoms with van der Waals surface area (Å²) in [6, 6.07) is 18.1. The Morgan fingerprint density at radius 2 is 1.84 bits per heavy atom. The molecule has 2 N–H and O–H groups in total. The first-order valence-corrected chi connectivity index (χ1v) is 10.4. The Labute approximate surface area is 185 Å². The van der Waals surface area contributed by atoms with Gasteiger partial charge >= 0.3 is 0 Å². The third-order valence-corrected chi connectivity index (χ3v) is 5.91. The van der Waals surface area contributed by atoms with Crippen molar-refractivity contribution in [2.75, 3.05) is 11.5 Å². The number of nitrogens with zero attached hydrogens (tertiary/aromatic N) is 1. The summed E-state index contributed by atoms with van der Waals surface area (Å²) in [4.78, 5) is 27.6. The fraction of sp³-hybridized carbons (Fsp3) is 0.154. The van der Waals surface area contributed by atoms with E-state index in [1.165, 1.54) is 11.0 Å². The number of hydrogen-bond acceptors (Lipinski definition) is 5. The zero-order valence-corrected chi connectivity index (χ0v) is 17.4. The second-order valence-electron chi connectivity index (χ2n) is 7.99. The molecule has 1 unspecified atom stereocenters. The normalized spacial score (nSPS) is 19.2. The quantitative estimate of drug-likeness (QED) is 0.371. The van der Waals surface area contributed by atoms with Gasteiger partial charge < -0.3 is 14.9 Å². The highest BCUT2D eigenvalue weighted by Gasteiger charge is 2.47. The van der Waals surface area contributed by atoms with Crippen molar-refractivity contribution in [2.24, 2.45) is 0 Å². The molecule has 3 aromatic carbocycles.